The molecule has 3 rings (SSSR count). The van der Waals surface area contributed by atoms with E-state index in [1.54, 1.807) is 48.5 Å². The minimum absolute atomic E-state index is 0.212. The Labute approximate surface area is 207 Å². The van der Waals surface area contributed by atoms with Crippen molar-refractivity contribution in [2.24, 2.45) is 5.10 Å². The molecule has 0 saturated carbocycles. The first kappa shape index (κ1) is 25.3. The highest BCUT2D eigenvalue weighted by molar-refractivity contribution is 6.39. The van der Waals surface area contributed by atoms with Gasteiger partial charge in [0.1, 0.15) is 6.61 Å². The van der Waals surface area contributed by atoms with Crippen LogP contribution in [0.2, 0.25) is 5.02 Å². The van der Waals surface area contributed by atoms with E-state index in [2.05, 4.69) is 21.2 Å². The van der Waals surface area contributed by atoms with Gasteiger partial charge in [-0.3, -0.25) is 14.4 Å². The molecule has 0 bridgehead atoms. The summed E-state index contributed by atoms with van der Waals surface area (Å²) in [4.78, 5) is 35.1. The van der Waals surface area contributed by atoms with E-state index in [1.807, 2.05) is 18.2 Å². The molecule has 3 N–H and O–H groups in total. The van der Waals surface area contributed by atoms with Crippen LogP contribution in [0, 0.1) is 0 Å². The minimum atomic E-state index is -0.946. The number of hydrogen-bond acceptors (Lipinski definition) is 6. The number of halogens is 1. The van der Waals surface area contributed by atoms with Gasteiger partial charge in [0, 0.05) is 28.9 Å². The summed E-state index contributed by atoms with van der Waals surface area (Å²) in [5.41, 5.74) is 4.58. The molecule has 35 heavy (non-hydrogen) atoms. The molecule has 0 aliphatic carbocycles. The Kier molecular flexibility index (Phi) is 8.80. The van der Waals surface area contributed by atoms with Crippen LogP contribution in [0.3, 0.4) is 0 Å². The molecule has 0 aromatic heterocycles. The van der Waals surface area contributed by atoms with Crippen LogP contribution in [0.1, 0.15) is 18.1 Å². The van der Waals surface area contributed by atoms with Gasteiger partial charge in [-0.25, -0.2) is 5.43 Å². The third-order valence-electron chi connectivity index (χ3n) is 4.58. The zero-order chi connectivity index (χ0) is 25.2. The molecule has 0 aliphatic rings. The standard InChI is InChI=1S/C25H23ClN4O5/c1-16(31)28-19-8-10-20(11-9-19)29-24(32)25(33)30-27-14-17-7-12-22(23(13-17)34-2)35-15-18-5-3-4-6-21(18)26/h3-14H,15H2,1-2H3,(H,28,31)(H,29,32)(H,30,33)/b27-14+. The Balaban J connectivity index is 1.54. The summed E-state index contributed by atoms with van der Waals surface area (Å²) in [5.74, 6) is -1.07. The normalized spacial score (nSPS) is 10.5. The quantitative estimate of drug-likeness (QED) is 0.249. The Morgan fingerprint density at radius 3 is 2.26 bits per heavy atom. The van der Waals surface area contributed by atoms with Crippen molar-refractivity contribution in [3.05, 3.63) is 82.9 Å². The summed E-state index contributed by atoms with van der Waals surface area (Å²) in [7, 11) is 1.51. The number of anilines is 2. The number of carbonyl (C=O) groups is 3. The molecule has 0 unspecified atom stereocenters. The molecule has 0 fully saturated rings. The molecule has 0 heterocycles. The molecular weight excluding hydrogens is 472 g/mol. The number of methoxy groups -OCH3 is 1. The third-order valence-corrected chi connectivity index (χ3v) is 4.95. The summed E-state index contributed by atoms with van der Waals surface area (Å²) in [5, 5.41) is 9.48. The minimum Gasteiger partial charge on any atom is -0.493 e. The Morgan fingerprint density at radius 1 is 0.914 bits per heavy atom. The molecule has 0 radical (unpaired) electrons. The highest BCUT2D eigenvalue weighted by Gasteiger charge is 2.13. The Bertz CT molecular complexity index is 1240. The second-order valence-electron chi connectivity index (χ2n) is 7.20. The predicted octanol–water partition coefficient (Wildman–Crippen LogP) is 3.97. The summed E-state index contributed by atoms with van der Waals surface area (Å²) in [6.45, 7) is 1.66. The molecule has 0 atom stereocenters. The molecule has 180 valence electrons. The lowest BCUT2D eigenvalue weighted by molar-refractivity contribution is -0.136. The lowest BCUT2D eigenvalue weighted by atomic mass is 10.2. The fourth-order valence-corrected chi connectivity index (χ4v) is 3.09. The van der Waals surface area contributed by atoms with Crippen molar-refractivity contribution in [3.63, 3.8) is 0 Å². The molecule has 0 spiro atoms. The van der Waals surface area contributed by atoms with Crippen LogP contribution in [0.25, 0.3) is 0 Å². The second kappa shape index (κ2) is 12.2. The largest absolute Gasteiger partial charge is 0.493 e. The summed E-state index contributed by atoms with van der Waals surface area (Å²) < 4.78 is 11.2. The second-order valence-corrected chi connectivity index (χ2v) is 7.61. The van der Waals surface area contributed by atoms with E-state index >= 15 is 0 Å². The van der Waals surface area contributed by atoms with Gasteiger partial charge in [0.05, 0.1) is 13.3 Å². The number of rotatable bonds is 8. The van der Waals surface area contributed by atoms with Crippen LogP contribution in [0.5, 0.6) is 11.5 Å². The zero-order valence-electron chi connectivity index (χ0n) is 19.0. The van der Waals surface area contributed by atoms with Crippen LogP contribution in [0.15, 0.2) is 71.8 Å². The third kappa shape index (κ3) is 7.58. The number of hydrogen-bond donors (Lipinski definition) is 3. The van der Waals surface area contributed by atoms with Crippen molar-refractivity contribution in [2.45, 2.75) is 13.5 Å². The molecule has 10 heteroatoms. The number of amides is 3. The number of nitrogens with zero attached hydrogens (tertiary/aromatic N) is 1. The van der Waals surface area contributed by atoms with Gasteiger partial charge in [0.25, 0.3) is 0 Å². The number of ether oxygens (including phenoxy) is 2. The number of carbonyl (C=O) groups excluding carboxylic acids is 3. The average molecular weight is 495 g/mol. The number of benzene rings is 3. The topological polar surface area (TPSA) is 118 Å². The maximum absolute atomic E-state index is 12.1. The Morgan fingerprint density at radius 2 is 1.60 bits per heavy atom. The van der Waals surface area contributed by atoms with Gasteiger partial charge in [-0.05, 0) is 54.1 Å². The van der Waals surface area contributed by atoms with Crippen molar-refractivity contribution in [2.75, 3.05) is 17.7 Å². The van der Waals surface area contributed by atoms with E-state index < -0.39 is 11.8 Å². The van der Waals surface area contributed by atoms with Crippen LogP contribution < -0.4 is 25.5 Å². The molecule has 9 nitrogen and oxygen atoms in total. The fourth-order valence-electron chi connectivity index (χ4n) is 2.90. The van der Waals surface area contributed by atoms with Gasteiger partial charge in [0.15, 0.2) is 11.5 Å². The SMILES string of the molecule is COc1cc(/C=N/NC(=O)C(=O)Nc2ccc(NC(C)=O)cc2)ccc1OCc1ccccc1Cl. The molecule has 3 amide bonds. The smallest absolute Gasteiger partial charge is 0.329 e. The van der Waals surface area contributed by atoms with Crippen LogP contribution in [-0.4, -0.2) is 31.0 Å². The summed E-state index contributed by atoms with van der Waals surface area (Å²) in [6, 6.07) is 18.8. The highest BCUT2D eigenvalue weighted by atomic mass is 35.5. The van der Waals surface area contributed by atoms with Gasteiger partial charge in [-0.2, -0.15) is 5.10 Å². The van der Waals surface area contributed by atoms with Gasteiger partial charge in [-0.1, -0.05) is 29.8 Å². The van der Waals surface area contributed by atoms with Crippen molar-refractivity contribution in [1.82, 2.24) is 5.43 Å². The number of nitrogens with one attached hydrogen (secondary N) is 3. The van der Waals surface area contributed by atoms with E-state index in [0.717, 1.165) is 5.56 Å². The monoisotopic (exact) mass is 494 g/mol. The van der Waals surface area contributed by atoms with Gasteiger partial charge < -0.3 is 20.1 Å². The van der Waals surface area contributed by atoms with E-state index in [4.69, 9.17) is 21.1 Å². The van der Waals surface area contributed by atoms with Crippen LogP contribution in [0.4, 0.5) is 11.4 Å². The Hall–Kier alpha value is -4.37. The zero-order valence-corrected chi connectivity index (χ0v) is 19.8. The van der Waals surface area contributed by atoms with E-state index in [0.29, 0.717) is 33.5 Å². The maximum atomic E-state index is 12.1. The van der Waals surface area contributed by atoms with Crippen molar-refractivity contribution >= 4 is 46.9 Å². The first-order valence-corrected chi connectivity index (χ1v) is 10.8. The first-order chi connectivity index (χ1) is 16.9. The van der Waals surface area contributed by atoms with Crippen molar-refractivity contribution < 1.29 is 23.9 Å². The van der Waals surface area contributed by atoms with E-state index in [1.165, 1.54) is 20.2 Å². The van der Waals surface area contributed by atoms with E-state index in [9.17, 15) is 14.4 Å². The molecule has 0 saturated heterocycles. The van der Waals surface area contributed by atoms with Gasteiger partial charge in [-0.15, -0.1) is 0 Å². The van der Waals surface area contributed by atoms with Crippen molar-refractivity contribution in [3.8, 4) is 11.5 Å². The van der Waals surface area contributed by atoms with E-state index in [-0.39, 0.29) is 12.5 Å². The first-order valence-electron chi connectivity index (χ1n) is 10.4. The molecule has 0 aliphatic heterocycles. The lowest BCUT2D eigenvalue weighted by Gasteiger charge is -2.12. The lowest BCUT2D eigenvalue weighted by Crippen LogP contribution is -2.32. The highest BCUT2D eigenvalue weighted by Crippen LogP contribution is 2.29. The van der Waals surface area contributed by atoms with Crippen LogP contribution in [-0.2, 0) is 21.0 Å². The average Bonchev–Trinajstić information content (AvgIpc) is 2.84. The molecular formula is C25H23ClN4O5. The van der Waals surface area contributed by atoms with Gasteiger partial charge in [0.2, 0.25) is 5.91 Å². The fraction of sp³-hybridized carbons (Fsp3) is 0.120. The maximum Gasteiger partial charge on any atom is 0.329 e. The van der Waals surface area contributed by atoms with Crippen molar-refractivity contribution in [1.29, 1.82) is 0 Å². The molecule has 3 aromatic rings. The molecule has 3 aromatic carbocycles. The summed E-state index contributed by atoms with van der Waals surface area (Å²) >= 11 is 6.16. The summed E-state index contributed by atoms with van der Waals surface area (Å²) in [6.07, 6.45) is 1.37. The van der Waals surface area contributed by atoms with Gasteiger partial charge >= 0.3 is 11.8 Å². The predicted molar refractivity (Wildman–Crippen MR) is 134 cm³/mol. The number of hydrazone groups is 1. The van der Waals surface area contributed by atoms with Crippen LogP contribution >= 0.6 is 11.6 Å².